The molecule has 1 aromatic rings. The molecule has 0 saturated heterocycles. The Hall–Kier alpha value is -1.07. The minimum Gasteiger partial charge on any atom is -0.398 e. The molecule has 104 valence electrons. The summed E-state index contributed by atoms with van der Waals surface area (Å²) in [5.74, 6) is 0.734. The van der Waals surface area contributed by atoms with Crippen LogP contribution in [0.15, 0.2) is 24.3 Å². The molecule has 0 spiro atoms. The Bertz CT molecular complexity index is 575. The van der Waals surface area contributed by atoms with Crippen molar-refractivity contribution in [1.29, 1.82) is 0 Å². The molecule has 2 saturated carbocycles. The summed E-state index contributed by atoms with van der Waals surface area (Å²) in [6, 6.07) is 7.12. The second-order valence-electron chi connectivity index (χ2n) is 5.92. The van der Waals surface area contributed by atoms with Gasteiger partial charge in [-0.2, -0.15) is 0 Å². The third-order valence-corrected chi connectivity index (χ3v) is 5.66. The molecule has 2 aliphatic carbocycles. The van der Waals surface area contributed by atoms with Crippen LogP contribution in [0.3, 0.4) is 0 Å². The summed E-state index contributed by atoms with van der Waals surface area (Å²) in [6.45, 7) is 0.604. The van der Waals surface area contributed by atoms with E-state index in [-0.39, 0.29) is 11.2 Å². The van der Waals surface area contributed by atoms with Gasteiger partial charge >= 0.3 is 0 Å². The Balaban J connectivity index is 1.62. The molecule has 0 amide bonds. The lowest BCUT2D eigenvalue weighted by Gasteiger charge is -2.15. The predicted octanol–water partition coefficient (Wildman–Crippen LogP) is 1.88. The monoisotopic (exact) mass is 280 g/mol. The van der Waals surface area contributed by atoms with Crippen LogP contribution in [0.2, 0.25) is 0 Å². The van der Waals surface area contributed by atoms with Gasteiger partial charge in [0.2, 0.25) is 10.0 Å². The first-order valence-electron chi connectivity index (χ1n) is 6.82. The average molecular weight is 280 g/mol. The molecule has 2 aliphatic rings. The van der Waals surface area contributed by atoms with Gasteiger partial charge in [-0.25, -0.2) is 13.1 Å². The Labute approximate surface area is 114 Å². The summed E-state index contributed by atoms with van der Waals surface area (Å²) < 4.78 is 27.0. The zero-order valence-electron chi connectivity index (χ0n) is 10.9. The fourth-order valence-corrected chi connectivity index (χ4v) is 4.04. The molecule has 0 atom stereocenters. The van der Waals surface area contributed by atoms with Gasteiger partial charge in [-0.3, -0.25) is 0 Å². The standard InChI is InChI=1S/C14H20N2O2S/c15-13-4-2-1-3-11(13)9-19(17,18)16-10-14(7-8-14)12-5-6-12/h1-4,12,16H,5-10,15H2. The van der Waals surface area contributed by atoms with Crippen molar-refractivity contribution in [3.8, 4) is 0 Å². The van der Waals surface area contributed by atoms with E-state index in [0.29, 0.717) is 17.8 Å². The first-order valence-corrected chi connectivity index (χ1v) is 8.47. The molecule has 0 heterocycles. The lowest BCUT2D eigenvalue weighted by atomic mass is 10.0. The van der Waals surface area contributed by atoms with Gasteiger partial charge in [0, 0.05) is 12.2 Å². The zero-order chi connectivity index (χ0) is 13.5. The highest BCUT2D eigenvalue weighted by Crippen LogP contribution is 2.60. The first-order chi connectivity index (χ1) is 9.01. The molecule has 0 aromatic heterocycles. The molecular formula is C14H20N2O2S. The number of sulfonamides is 1. The van der Waals surface area contributed by atoms with Crippen LogP contribution in [0.5, 0.6) is 0 Å². The van der Waals surface area contributed by atoms with Gasteiger partial charge in [-0.15, -0.1) is 0 Å². The third-order valence-electron chi connectivity index (χ3n) is 4.38. The highest BCUT2D eigenvalue weighted by Gasteiger charge is 2.53. The summed E-state index contributed by atoms with van der Waals surface area (Å²) in [5, 5.41) is 0. The number of benzene rings is 1. The SMILES string of the molecule is Nc1ccccc1CS(=O)(=O)NCC1(C2CC2)CC1. The smallest absolute Gasteiger partial charge is 0.215 e. The summed E-state index contributed by atoms with van der Waals surface area (Å²) in [5.41, 5.74) is 7.29. The van der Waals surface area contributed by atoms with Crippen molar-refractivity contribution in [3.63, 3.8) is 0 Å². The molecule has 3 N–H and O–H groups in total. The highest BCUT2D eigenvalue weighted by atomic mass is 32.2. The van der Waals surface area contributed by atoms with E-state index >= 15 is 0 Å². The van der Waals surface area contributed by atoms with E-state index in [1.807, 2.05) is 12.1 Å². The molecule has 0 aliphatic heterocycles. The molecule has 1 aromatic carbocycles. The van der Waals surface area contributed by atoms with Crippen molar-refractivity contribution in [1.82, 2.24) is 4.72 Å². The number of nitrogen functional groups attached to an aromatic ring is 1. The van der Waals surface area contributed by atoms with Gasteiger partial charge in [0.05, 0.1) is 5.75 Å². The Morgan fingerprint density at radius 3 is 2.53 bits per heavy atom. The van der Waals surface area contributed by atoms with Crippen molar-refractivity contribution in [2.45, 2.75) is 31.4 Å². The van der Waals surface area contributed by atoms with Crippen LogP contribution in [0.4, 0.5) is 5.69 Å². The second kappa shape index (κ2) is 4.49. The molecule has 0 bridgehead atoms. The molecule has 3 rings (SSSR count). The molecule has 0 radical (unpaired) electrons. The van der Waals surface area contributed by atoms with E-state index in [1.165, 1.54) is 25.7 Å². The summed E-state index contributed by atoms with van der Waals surface area (Å²) in [6.07, 6.45) is 4.89. The first kappa shape index (κ1) is 12.9. The Morgan fingerprint density at radius 2 is 1.95 bits per heavy atom. The largest absolute Gasteiger partial charge is 0.398 e. The van der Waals surface area contributed by atoms with Crippen molar-refractivity contribution >= 4 is 15.7 Å². The number of hydrogen-bond acceptors (Lipinski definition) is 3. The topological polar surface area (TPSA) is 72.2 Å². The zero-order valence-corrected chi connectivity index (χ0v) is 11.7. The van der Waals surface area contributed by atoms with Crippen LogP contribution in [-0.4, -0.2) is 15.0 Å². The fourth-order valence-electron chi connectivity index (χ4n) is 2.76. The lowest BCUT2D eigenvalue weighted by Crippen LogP contribution is -2.32. The number of hydrogen-bond donors (Lipinski definition) is 2. The number of nitrogens with two attached hydrogens (primary N) is 1. The van der Waals surface area contributed by atoms with E-state index in [1.54, 1.807) is 12.1 Å². The number of nitrogens with one attached hydrogen (secondary N) is 1. The quantitative estimate of drug-likeness (QED) is 0.781. The van der Waals surface area contributed by atoms with Crippen LogP contribution >= 0.6 is 0 Å². The van der Waals surface area contributed by atoms with E-state index in [2.05, 4.69) is 4.72 Å². The lowest BCUT2D eigenvalue weighted by molar-refractivity contribution is 0.431. The average Bonchev–Trinajstić information content (AvgIpc) is 3.23. The van der Waals surface area contributed by atoms with Crippen LogP contribution < -0.4 is 10.5 Å². The minimum absolute atomic E-state index is 0.0274. The maximum absolute atomic E-state index is 12.1. The van der Waals surface area contributed by atoms with Crippen LogP contribution in [0.1, 0.15) is 31.2 Å². The summed E-state index contributed by atoms with van der Waals surface area (Å²) in [7, 11) is -3.29. The molecule has 4 nitrogen and oxygen atoms in total. The minimum atomic E-state index is -3.29. The normalized spacial score (nSPS) is 21.3. The van der Waals surface area contributed by atoms with E-state index in [9.17, 15) is 8.42 Å². The third kappa shape index (κ3) is 2.92. The predicted molar refractivity (Wildman–Crippen MR) is 75.9 cm³/mol. The maximum atomic E-state index is 12.1. The second-order valence-corrected chi connectivity index (χ2v) is 7.72. The van der Waals surface area contributed by atoms with Crippen molar-refractivity contribution in [2.75, 3.05) is 12.3 Å². The highest BCUT2D eigenvalue weighted by molar-refractivity contribution is 7.88. The number of anilines is 1. The van der Waals surface area contributed by atoms with Crippen LogP contribution in [-0.2, 0) is 15.8 Å². The molecule has 5 heteroatoms. The van der Waals surface area contributed by atoms with Crippen LogP contribution in [0.25, 0.3) is 0 Å². The fraction of sp³-hybridized carbons (Fsp3) is 0.571. The molecule has 2 fully saturated rings. The van der Waals surface area contributed by atoms with E-state index in [0.717, 1.165) is 5.92 Å². The maximum Gasteiger partial charge on any atom is 0.215 e. The van der Waals surface area contributed by atoms with Gasteiger partial charge in [-0.05, 0) is 48.6 Å². The molecule has 0 unspecified atom stereocenters. The Kier molecular flexibility index (Phi) is 3.06. The van der Waals surface area contributed by atoms with Crippen molar-refractivity contribution in [3.05, 3.63) is 29.8 Å². The van der Waals surface area contributed by atoms with Gasteiger partial charge in [0.1, 0.15) is 0 Å². The van der Waals surface area contributed by atoms with E-state index < -0.39 is 10.0 Å². The van der Waals surface area contributed by atoms with E-state index in [4.69, 9.17) is 5.73 Å². The molecule has 19 heavy (non-hydrogen) atoms. The van der Waals surface area contributed by atoms with Gasteiger partial charge in [0.15, 0.2) is 0 Å². The molecular weight excluding hydrogens is 260 g/mol. The van der Waals surface area contributed by atoms with Crippen LogP contribution in [0, 0.1) is 11.3 Å². The van der Waals surface area contributed by atoms with Crippen molar-refractivity contribution < 1.29 is 8.42 Å². The Morgan fingerprint density at radius 1 is 1.26 bits per heavy atom. The summed E-state index contributed by atoms with van der Waals surface area (Å²) >= 11 is 0. The van der Waals surface area contributed by atoms with Gasteiger partial charge in [0.25, 0.3) is 0 Å². The number of para-hydroxylation sites is 1. The van der Waals surface area contributed by atoms with Gasteiger partial charge < -0.3 is 5.73 Å². The number of rotatable bonds is 6. The van der Waals surface area contributed by atoms with Crippen molar-refractivity contribution in [2.24, 2.45) is 11.3 Å². The summed E-state index contributed by atoms with van der Waals surface area (Å²) in [4.78, 5) is 0. The van der Waals surface area contributed by atoms with Gasteiger partial charge in [-0.1, -0.05) is 18.2 Å².